The van der Waals surface area contributed by atoms with Crippen molar-refractivity contribution in [1.82, 2.24) is 4.90 Å². The van der Waals surface area contributed by atoms with Crippen LogP contribution in [0.3, 0.4) is 0 Å². The van der Waals surface area contributed by atoms with Crippen molar-refractivity contribution < 1.29 is 24.2 Å². The molecule has 3 aromatic rings. The Labute approximate surface area is 289 Å². The first-order valence-electron chi connectivity index (χ1n) is 17.2. The van der Waals surface area contributed by atoms with E-state index < -0.39 is 22.9 Å². The summed E-state index contributed by atoms with van der Waals surface area (Å²) in [5.74, 6) is -1.00. The van der Waals surface area contributed by atoms with Crippen LogP contribution >= 0.6 is 11.6 Å². The zero-order valence-corrected chi connectivity index (χ0v) is 29.0. The van der Waals surface area contributed by atoms with Crippen LogP contribution in [0.4, 0.5) is 14.9 Å². The van der Waals surface area contributed by atoms with Crippen LogP contribution in [-0.2, 0) is 12.8 Å². The molecule has 1 fully saturated rings. The summed E-state index contributed by atoms with van der Waals surface area (Å²) in [6.07, 6.45) is 6.25. The van der Waals surface area contributed by atoms with Crippen LogP contribution in [0.2, 0.25) is 5.02 Å². The minimum atomic E-state index is -1.25. The number of amides is 2. The predicted octanol–water partition coefficient (Wildman–Crippen LogP) is 8.89. The lowest BCUT2D eigenvalue weighted by atomic mass is 9.64. The van der Waals surface area contributed by atoms with Crippen LogP contribution in [-0.4, -0.2) is 51.7 Å². The topological polar surface area (TPSA) is 89.9 Å². The molecule has 48 heavy (non-hydrogen) atoms. The number of aliphatic hydroxyl groups is 2. The Hall–Kier alpha value is -3.52. The lowest BCUT2D eigenvalue weighted by Gasteiger charge is -2.46. The Morgan fingerprint density at radius 2 is 1.83 bits per heavy atom. The normalized spacial score (nSPS) is 24.4. The van der Waals surface area contributed by atoms with Gasteiger partial charge in [-0.3, -0.25) is 4.79 Å². The van der Waals surface area contributed by atoms with E-state index in [9.17, 15) is 24.2 Å². The SMILES string of the molecule is CCCN(CC1(O)CCC2c3ccc(cc3C(=O)Cc3c(F)cccc3Cl)CC(O)CCC(C)=CCCC21C)C(=O)Nc1ccccc1. The second-order valence-corrected chi connectivity index (χ2v) is 14.4. The van der Waals surface area contributed by atoms with E-state index in [1.165, 1.54) is 17.7 Å². The molecule has 0 aliphatic heterocycles. The van der Waals surface area contributed by atoms with Gasteiger partial charge in [-0.15, -0.1) is 0 Å². The molecule has 0 saturated heterocycles. The Balaban J connectivity index is 1.55. The standard InChI is InChI=1S/C40H48ClFN2O4/c1-4-22-44(38(47)43-29-11-6-5-7-12-29)26-40(48)21-19-34-31-18-16-28(23-30(45)17-15-27(2)10-9-20-39(34,40)3)24-32(31)37(46)25-33-35(41)13-8-14-36(33)42/h5-8,10-14,16,18,24,30,34,45,48H,4,9,15,17,19-23,25-26H2,1-3H3,(H,43,47). The van der Waals surface area contributed by atoms with Gasteiger partial charge in [-0.05, 0) is 106 Å². The predicted molar refractivity (Wildman–Crippen MR) is 190 cm³/mol. The van der Waals surface area contributed by atoms with E-state index in [-0.39, 0.29) is 41.3 Å². The molecule has 0 spiro atoms. The van der Waals surface area contributed by atoms with Crippen molar-refractivity contribution in [3.8, 4) is 0 Å². The smallest absolute Gasteiger partial charge is 0.321 e. The maximum atomic E-state index is 14.9. The number of benzene rings is 3. The number of carbonyl (C=O) groups is 2. The summed E-state index contributed by atoms with van der Waals surface area (Å²) in [7, 11) is 0. The van der Waals surface area contributed by atoms with Crippen LogP contribution in [0.25, 0.3) is 0 Å². The molecule has 3 aliphatic carbocycles. The van der Waals surface area contributed by atoms with Crippen molar-refractivity contribution in [2.24, 2.45) is 5.41 Å². The highest BCUT2D eigenvalue weighted by molar-refractivity contribution is 6.31. The number of nitrogens with zero attached hydrogens (tertiary/aromatic N) is 1. The number of carbonyl (C=O) groups excluding carboxylic acids is 2. The molecule has 0 heterocycles. The second-order valence-electron chi connectivity index (χ2n) is 14.0. The largest absolute Gasteiger partial charge is 0.393 e. The van der Waals surface area contributed by atoms with Crippen molar-refractivity contribution in [2.75, 3.05) is 18.4 Å². The molecule has 3 aliphatic rings. The summed E-state index contributed by atoms with van der Waals surface area (Å²) in [6, 6.07) is 19.2. The van der Waals surface area contributed by atoms with Crippen LogP contribution < -0.4 is 5.32 Å². The maximum Gasteiger partial charge on any atom is 0.321 e. The number of halogens is 2. The molecular weight excluding hydrogens is 627 g/mol. The number of Topliss-reactive ketones (excluding diaryl/α,β-unsaturated/α-hetero) is 1. The molecule has 3 aromatic carbocycles. The van der Waals surface area contributed by atoms with Gasteiger partial charge >= 0.3 is 6.03 Å². The van der Waals surface area contributed by atoms with Gasteiger partial charge in [-0.25, -0.2) is 9.18 Å². The minimum absolute atomic E-state index is 0.146. The minimum Gasteiger partial charge on any atom is -0.393 e. The van der Waals surface area contributed by atoms with Crippen molar-refractivity contribution >= 4 is 29.1 Å². The number of aliphatic hydroxyl groups excluding tert-OH is 1. The molecule has 1 saturated carbocycles. The molecule has 2 amide bonds. The van der Waals surface area contributed by atoms with Crippen LogP contribution in [0.15, 0.2) is 78.4 Å². The first-order chi connectivity index (χ1) is 22.9. The van der Waals surface area contributed by atoms with Crippen LogP contribution in [0.5, 0.6) is 0 Å². The maximum absolute atomic E-state index is 14.9. The molecule has 0 aromatic heterocycles. The van der Waals surface area contributed by atoms with E-state index in [2.05, 4.69) is 25.2 Å². The highest BCUT2D eigenvalue weighted by atomic mass is 35.5. The van der Waals surface area contributed by atoms with E-state index in [0.29, 0.717) is 56.3 Å². The van der Waals surface area contributed by atoms with E-state index >= 15 is 0 Å². The van der Waals surface area contributed by atoms with Gasteiger partial charge in [-0.1, -0.05) is 73.5 Å². The molecule has 6 nitrogen and oxygen atoms in total. The fourth-order valence-electron chi connectivity index (χ4n) is 7.76. The highest BCUT2D eigenvalue weighted by Gasteiger charge is 2.57. The average molecular weight is 675 g/mol. The molecule has 3 N–H and O–H groups in total. The number of anilines is 1. The zero-order valence-electron chi connectivity index (χ0n) is 28.3. The Morgan fingerprint density at radius 3 is 2.56 bits per heavy atom. The quantitative estimate of drug-likeness (QED) is 0.164. The van der Waals surface area contributed by atoms with Gasteiger partial charge in [0.15, 0.2) is 5.78 Å². The first-order valence-corrected chi connectivity index (χ1v) is 17.6. The molecule has 0 radical (unpaired) electrons. The number of urea groups is 1. The Morgan fingerprint density at radius 1 is 1.06 bits per heavy atom. The summed E-state index contributed by atoms with van der Waals surface area (Å²) >= 11 is 6.35. The Bertz CT molecular complexity index is 1630. The molecule has 8 heteroatoms. The first kappa shape index (κ1) is 35.8. The number of fused-ring (bicyclic) bond motifs is 8. The van der Waals surface area contributed by atoms with Crippen LogP contribution in [0.1, 0.15) is 98.7 Å². The third-order valence-electron chi connectivity index (χ3n) is 10.6. The van der Waals surface area contributed by atoms with Crippen molar-refractivity contribution in [3.05, 3.63) is 111 Å². The van der Waals surface area contributed by atoms with E-state index in [1.54, 1.807) is 11.0 Å². The lowest BCUT2D eigenvalue weighted by Crippen LogP contribution is -2.54. The number of allylic oxidation sites excluding steroid dienone is 2. The van der Waals surface area contributed by atoms with Gasteiger partial charge in [0.2, 0.25) is 0 Å². The molecular formula is C40H48ClFN2O4. The summed E-state index contributed by atoms with van der Waals surface area (Å²) in [4.78, 5) is 29.5. The number of hydrogen-bond donors (Lipinski definition) is 3. The number of rotatable bonds is 8. The monoisotopic (exact) mass is 674 g/mol. The van der Waals surface area contributed by atoms with E-state index in [4.69, 9.17) is 11.6 Å². The number of nitrogens with one attached hydrogen (secondary N) is 1. The lowest BCUT2D eigenvalue weighted by molar-refractivity contribution is -0.0763. The number of para-hydroxylation sites is 1. The fraction of sp³-hybridized carbons (Fsp3) is 0.450. The Kier molecular flexibility index (Phi) is 11.4. The van der Waals surface area contributed by atoms with Gasteiger partial charge in [-0.2, -0.15) is 0 Å². The third kappa shape index (κ3) is 7.85. The highest BCUT2D eigenvalue weighted by Crippen LogP contribution is 2.59. The summed E-state index contributed by atoms with van der Waals surface area (Å²) in [6.45, 7) is 6.81. The van der Waals surface area contributed by atoms with E-state index in [0.717, 1.165) is 24.0 Å². The van der Waals surface area contributed by atoms with Crippen LogP contribution in [0, 0.1) is 11.2 Å². The zero-order chi connectivity index (χ0) is 34.5. The average Bonchev–Trinajstić information content (AvgIpc) is 3.30. The van der Waals surface area contributed by atoms with Gasteiger partial charge in [0.1, 0.15) is 5.82 Å². The summed E-state index contributed by atoms with van der Waals surface area (Å²) in [5.41, 5.74) is 2.17. The number of ketones is 1. The van der Waals surface area contributed by atoms with Gasteiger partial charge in [0.05, 0.1) is 18.2 Å². The number of hydrogen-bond acceptors (Lipinski definition) is 4. The molecule has 256 valence electrons. The fourth-order valence-corrected chi connectivity index (χ4v) is 7.99. The summed E-state index contributed by atoms with van der Waals surface area (Å²) in [5, 5.41) is 26.8. The van der Waals surface area contributed by atoms with Crippen molar-refractivity contribution in [3.63, 3.8) is 0 Å². The molecule has 4 unspecified atom stereocenters. The molecule has 2 bridgehead atoms. The third-order valence-corrected chi connectivity index (χ3v) is 11.0. The summed E-state index contributed by atoms with van der Waals surface area (Å²) < 4.78 is 14.9. The van der Waals surface area contributed by atoms with Crippen molar-refractivity contribution in [1.29, 1.82) is 0 Å². The van der Waals surface area contributed by atoms with E-state index in [1.807, 2.05) is 55.5 Å². The second kappa shape index (κ2) is 15.4. The van der Waals surface area contributed by atoms with Crippen molar-refractivity contribution in [2.45, 2.75) is 96.2 Å². The molecule has 6 rings (SSSR count). The molecule has 4 atom stereocenters. The van der Waals surface area contributed by atoms with Gasteiger partial charge in [0.25, 0.3) is 0 Å². The van der Waals surface area contributed by atoms with Gasteiger partial charge in [0, 0.05) is 40.2 Å². The van der Waals surface area contributed by atoms with Gasteiger partial charge < -0.3 is 20.4 Å².